The van der Waals surface area contributed by atoms with E-state index in [0.29, 0.717) is 16.6 Å². The van der Waals surface area contributed by atoms with Gasteiger partial charge in [-0.2, -0.15) is 0 Å². The number of carbonyl (C=O) groups excluding carboxylic acids is 1. The van der Waals surface area contributed by atoms with Crippen molar-refractivity contribution < 1.29 is 9.53 Å². The van der Waals surface area contributed by atoms with Crippen LogP contribution in [0.5, 0.6) is 11.5 Å². The van der Waals surface area contributed by atoms with E-state index in [9.17, 15) is 9.59 Å². The van der Waals surface area contributed by atoms with Gasteiger partial charge < -0.3 is 10.1 Å². The summed E-state index contributed by atoms with van der Waals surface area (Å²) in [7, 11) is 1.74. The number of thioether (sulfide) groups is 1. The van der Waals surface area contributed by atoms with Crippen molar-refractivity contribution in [3.05, 3.63) is 75.4 Å². The topological polar surface area (TPSA) is 73.2 Å². The molecule has 1 aliphatic rings. The first kappa shape index (κ1) is 22.7. The predicted molar refractivity (Wildman–Crippen MR) is 138 cm³/mol. The van der Waals surface area contributed by atoms with Gasteiger partial charge in [0.05, 0.1) is 10.6 Å². The van der Waals surface area contributed by atoms with Crippen LogP contribution < -0.4 is 15.6 Å². The Bertz CT molecular complexity index is 1400. The quantitative estimate of drug-likeness (QED) is 0.273. The highest BCUT2D eigenvalue weighted by Gasteiger charge is 2.23. The molecule has 2 aromatic carbocycles. The Morgan fingerprint density at radius 1 is 1.09 bits per heavy atom. The Labute approximate surface area is 206 Å². The normalized spacial score (nSPS) is 13.9. The number of aryl methyl sites for hydroxylation is 2. The van der Waals surface area contributed by atoms with E-state index in [0.717, 1.165) is 41.6 Å². The van der Waals surface area contributed by atoms with Crippen LogP contribution >= 0.6 is 23.1 Å². The first-order chi connectivity index (χ1) is 16.5. The van der Waals surface area contributed by atoms with Crippen molar-refractivity contribution in [1.82, 2.24) is 9.55 Å². The Morgan fingerprint density at radius 3 is 2.56 bits per heavy atom. The number of hydrogen-bond donors (Lipinski definition) is 1. The number of aromatic nitrogens is 2. The van der Waals surface area contributed by atoms with Gasteiger partial charge in [0.2, 0.25) is 5.91 Å². The van der Waals surface area contributed by atoms with E-state index in [-0.39, 0.29) is 11.5 Å². The summed E-state index contributed by atoms with van der Waals surface area (Å²) in [6.45, 7) is 1.82. The minimum Gasteiger partial charge on any atom is -0.457 e. The van der Waals surface area contributed by atoms with Crippen molar-refractivity contribution in [2.24, 2.45) is 7.05 Å². The lowest BCUT2D eigenvalue weighted by molar-refractivity contribution is -0.115. The van der Waals surface area contributed by atoms with Crippen molar-refractivity contribution >= 4 is 44.9 Å². The van der Waals surface area contributed by atoms with Crippen LogP contribution in [0.25, 0.3) is 10.2 Å². The van der Waals surface area contributed by atoms with Gasteiger partial charge in [0.15, 0.2) is 5.16 Å². The maximum Gasteiger partial charge on any atom is 0.262 e. The molecule has 1 aliphatic carbocycles. The molecule has 174 valence electrons. The van der Waals surface area contributed by atoms with Crippen LogP contribution in [0.4, 0.5) is 5.69 Å². The van der Waals surface area contributed by atoms with E-state index < -0.39 is 5.25 Å². The van der Waals surface area contributed by atoms with Gasteiger partial charge in [-0.1, -0.05) is 30.0 Å². The summed E-state index contributed by atoms with van der Waals surface area (Å²) in [6, 6.07) is 16.8. The maximum atomic E-state index is 13.1. The number of rotatable bonds is 6. The van der Waals surface area contributed by atoms with E-state index in [1.807, 2.05) is 61.5 Å². The van der Waals surface area contributed by atoms with Crippen LogP contribution in [-0.4, -0.2) is 20.7 Å². The van der Waals surface area contributed by atoms with Gasteiger partial charge in [-0.25, -0.2) is 4.98 Å². The number of thiophene rings is 1. The molecule has 0 bridgehead atoms. The van der Waals surface area contributed by atoms with Crippen LogP contribution in [0.2, 0.25) is 0 Å². The number of carbonyl (C=O) groups is 1. The average molecular weight is 492 g/mol. The van der Waals surface area contributed by atoms with E-state index in [2.05, 4.69) is 5.32 Å². The Morgan fingerprint density at radius 2 is 1.79 bits per heavy atom. The molecule has 8 heteroatoms. The SMILES string of the molecule is CC(Sc1nc2sc3c(c2c(=O)n1C)CCCC3)C(=O)Nc1ccc(Oc2ccccc2)cc1. The number of benzene rings is 2. The zero-order valence-electron chi connectivity index (χ0n) is 19.0. The molecule has 2 aromatic heterocycles. The first-order valence-corrected chi connectivity index (χ1v) is 13.0. The fourth-order valence-electron chi connectivity index (χ4n) is 4.06. The lowest BCUT2D eigenvalue weighted by atomic mass is 9.97. The van der Waals surface area contributed by atoms with E-state index in [1.54, 1.807) is 23.0 Å². The fraction of sp³-hybridized carbons (Fsp3) is 0.269. The molecule has 2 heterocycles. The molecular weight excluding hydrogens is 466 g/mol. The summed E-state index contributed by atoms with van der Waals surface area (Å²) in [5, 5.41) is 3.84. The smallest absolute Gasteiger partial charge is 0.262 e. The van der Waals surface area contributed by atoms with Gasteiger partial charge in [0.1, 0.15) is 16.3 Å². The number of ether oxygens (including phenoxy) is 1. The molecule has 0 radical (unpaired) electrons. The second kappa shape index (κ2) is 9.64. The molecule has 0 saturated carbocycles. The summed E-state index contributed by atoms with van der Waals surface area (Å²) >= 11 is 2.93. The molecule has 34 heavy (non-hydrogen) atoms. The second-order valence-corrected chi connectivity index (χ2v) is 10.7. The number of nitrogens with one attached hydrogen (secondary N) is 1. The third-order valence-electron chi connectivity index (χ3n) is 5.91. The van der Waals surface area contributed by atoms with Gasteiger partial charge in [0, 0.05) is 17.6 Å². The fourth-order valence-corrected chi connectivity index (χ4v) is 6.24. The van der Waals surface area contributed by atoms with Crippen LogP contribution in [-0.2, 0) is 24.7 Å². The highest BCUT2D eigenvalue weighted by atomic mass is 32.2. The van der Waals surface area contributed by atoms with Gasteiger partial charge in [-0.05, 0) is 74.6 Å². The van der Waals surface area contributed by atoms with E-state index in [1.165, 1.54) is 22.2 Å². The number of fused-ring (bicyclic) bond motifs is 3. The number of amides is 1. The largest absolute Gasteiger partial charge is 0.457 e. The van der Waals surface area contributed by atoms with Gasteiger partial charge in [0.25, 0.3) is 5.56 Å². The standard InChI is InChI=1S/C26H25N3O3S2/c1-16(23(30)27-17-12-14-19(15-13-17)32-18-8-4-3-5-9-18)33-26-28-24-22(25(31)29(26)2)20-10-6-7-11-21(20)34-24/h3-5,8-9,12-16H,6-7,10-11H2,1-2H3,(H,27,30). The minimum atomic E-state index is -0.426. The molecule has 0 spiro atoms. The van der Waals surface area contributed by atoms with Crippen molar-refractivity contribution in [3.8, 4) is 11.5 Å². The third kappa shape index (κ3) is 4.60. The molecule has 1 amide bonds. The number of anilines is 1. The van der Waals surface area contributed by atoms with Crippen LogP contribution in [0.15, 0.2) is 64.5 Å². The van der Waals surface area contributed by atoms with Crippen LogP contribution in [0.1, 0.15) is 30.2 Å². The highest BCUT2D eigenvalue weighted by Crippen LogP contribution is 2.35. The molecule has 1 N–H and O–H groups in total. The second-order valence-electron chi connectivity index (χ2n) is 8.34. The summed E-state index contributed by atoms with van der Waals surface area (Å²) in [5.74, 6) is 1.30. The molecular formula is C26H25N3O3S2. The Kier molecular flexibility index (Phi) is 6.43. The summed E-state index contributed by atoms with van der Waals surface area (Å²) in [5.41, 5.74) is 1.84. The predicted octanol–water partition coefficient (Wildman–Crippen LogP) is 5.79. The molecule has 1 atom stereocenters. The van der Waals surface area contributed by atoms with E-state index >= 15 is 0 Å². The molecule has 0 aliphatic heterocycles. The van der Waals surface area contributed by atoms with Gasteiger partial charge >= 0.3 is 0 Å². The Balaban J connectivity index is 1.28. The molecule has 0 fully saturated rings. The van der Waals surface area contributed by atoms with Crippen molar-refractivity contribution in [2.75, 3.05) is 5.32 Å². The average Bonchev–Trinajstić information content (AvgIpc) is 3.22. The minimum absolute atomic E-state index is 0.0199. The highest BCUT2D eigenvalue weighted by molar-refractivity contribution is 8.00. The maximum absolute atomic E-state index is 13.1. The number of hydrogen-bond acceptors (Lipinski definition) is 6. The van der Waals surface area contributed by atoms with Crippen molar-refractivity contribution in [2.45, 2.75) is 43.0 Å². The zero-order valence-corrected chi connectivity index (χ0v) is 20.7. The van der Waals surface area contributed by atoms with Gasteiger partial charge in [-0.3, -0.25) is 14.2 Å². The summed E-state index contributed by atoms with van der Waals surface area (Å²) < 4.78 is 7.38. The van der Waals surface area contributed by atoms with Crippen LogP contribution in [0.3, 0.4) is 0 Å². The van der Waals surface area contributed by atoms with Crippen LogP contribution in [0, 0.1) is 0 Å². The first-order valence-electron chi connectivity index (χ1n) is 11.3. The van der Waals surface area contributed by atoms with E-state index in [4.69, 9.17) is 9.72 Å². The molecule has 1 unspecified atom stereocenters. The lowest BCUT2D eigenvalue weighted by Crippen LogP contribution is -2.25. The molecule has 4 aromatic rings. The zero-order chi connectivity index (χ0) is 23.7. The lowest BCUT2D eigenvalue weighted by Gasteiger charge is -2.14. The molecule has 0 saturated heterocycles. The van der Waals surface area contributed by atoms with Crippen molar-refractivity contribution in [1.29, 1.82) is 0 Å². The third-order valence-corrected chi connectivity index (χ3v) is 8.24. The monoisotopic (exact) mass is 491 g/mol. The molecule has 6 nitrogen and oxygen atoms in total. The summed E-state index contributed by atoms with van der Waals surface area (Å²) in [6.07, 6.45) is 4.26. The molecule has 5 rings (SSSR count). The summed E-state index contributed by atoms with van der Waals surface area (Å²) in [4.78, 5) is 32.8. The van der Waals surface area contributed by atoms with Gasteiger partial charge in [-0.15, -0.1) is 11.3 Å². The number of nitrogens with zero attached hydrogens (tertiary/aromatic N) is 2. The Hall–Kier alpha value is -3.10. The number of para-hydroxylation sites is 1. The van der Waals surface area contributed by atoms with Crippen molar-refractivity contribution in [3.63, 3.8) is 0 Å².